The van der Waals surface area contributed by atoms with Gasteiger partial charge in [0, 0.05) is 28.3 Å². The molecule has 2 amide bonds. The third kappa shape index (κ3) is 1.70. The normalized spacial score (nSPS) is 24.1. The van der Waals surface area contributed by atoms with E-state index in [2.05, 4.69) is 15.8 Å². The second kappa shape index (κ2) is 4.18. The smallest absolute Gasteiger partial charge is 0.278 e. The molecule has 6 nitrogen and oxygen atoms in total. The van der Waals surface area contributed by atoms with Gasteiger partial charge < -0.3 is 5.32 Å². The standard InChI is InChI=1S/C16H13FN4O2/c17-9-3-8-5-18-20-14-13-11(19-10(4-9)12(8)13)6-21(16(14)23)15(22)7-1-2-7/h3-5,7,11,19-20H,1-2,6H2. The molecule has 1 unspecified atom stereocenters. The molecule has 0 radical (unpaired) electrons. The molecule has 1 aromatic rings. The van der Waals surface area contributed by atoms with E-state index in [0.717, 1.165) is 24.0 Å². The topological polar surface area (TPSA) is 73.8 Å². The van der Waals surface area contributed by atoms with Gasteiger partial charge in [0.25, 0.3) is 5.91 Å². The van der Waals surface area contributed by atoms with Gasteiger partial charge in [-0.15, -0.1) is 0 Å². The first-order valence-electron chi connectivity index (χ1n) is 7.63. The Labute approximate surface area is 131 Å². The molecular weight excluding hydrogens is 299 g/mol. The lowest BCUT2D eigenvalue weighted by Gasteiger charge is -2.31. The number of anilines is 1. The van der Waals surface area contributed by atoms with Crippen LogP contribution in [-0.2, 0) is 9.59 Å². The van der Waals surface area contributed by atoms with Crippen LogP contribution in [0.1, 0.15) is 24.0 Å². The highest BCUT2D eigenvalue weighted by molar-refractivity contribution is 6.15. The van der Waals surface area contributed by atoms with Gasteiger partial charge in [-0.2, -0.15) is 5.10 Å². The fourth-order valence-corrected chi connectivity index (χ4v) is 3.55. The summed E-state index contributed by atoms with van der Waals surface area (Å²) >= 11 is 0. The summed E-state index contributed by atoms with van der Waals surface area (Å²) in [4.78, 5) is 26.4. The molecule has 3 heterocycles. The maximum atomic E-state index is 13.8. The monoisotopic (exact) mass is 312 g/mol. The SMILES string of the molecule is O=C1C2=C3c4c(cc(F)cc4NC3CN1C(=O)C1CC1)C=NN2. The van der Waals surface area contributed by atoms with Gasteiger partial charge in [0.2, 0.25) is 5.91 Å². The van der Waals surface area contributed by atoms with Gasteiger partial charge >= 0.3 is 0 Å². The Balaban J connectivity index is 1.67. The molecule has 7 heteroatoms. The minimum Gasteiger partial charge on any atom is -0.376 e. The fraction of sp³-hybridized carbons (Fsp3) is 0.312. The van der Waals surface area contributed by atoms with Crippen LogP contribution in [0.3, 0.4) is 0 Å². The highest BCUT2D eigenvalue weighted by Gasteiger charge is 2.46. The Morgan fingerprint density at radius 3 is 2.96 bits per heavy atom. The average molecular weight is 312 g/mol. The van der Waals surface area contributed by atoms with Crippen molar-refractivity contribution in [1.82, 2.24) is 10.3 Å². The molecule has 116 valence electrons. The molecule has 0 aromatic heterocycles. The predicted molar refractivity (Wildman–Crippen MR) is 80.9 cm³/mol. The zero-order valence-electron chi connectivity index (χ0n) is 12.1. The van der Waals surface area contributed by atoms with Crippen molar-refractivity contribution in [2.75, 3.05) is 11.9 Å². The van der Waals surface area contributed by atoms with Crippen LogP contribution in [0, 0.1) is 11.7 Å². The number of nitrogens with zero attached hydrogens (tertiary/aromatic N) is 2. The zero-order chi connectivity index (χ0) is 15.7. The van der Waals surface area contributed by atoms with Crippen LogP contribution in [0.5, 0.6) is 0 Å². The van der Waals surface area contributed by atoms with Crippen LogP contribution < -0.4 is 10.7 Å². The maximum absolute atomic E-state index is 13.8. The first-order chi connectivity index (χ1) is 11.1. The summed E-state index contributed by atoms with van der Waals surface area (Å²) < 4.78 is 13.8. The molecule has 1 atom stereocenters. The van der Waals surface area contributed by atoms with Crippen LogP contribution in [0.4, 0.5) is 10.1 Å². The molecular formula is C16H13FN4O2. The van der Waals surface area contributed by atoms with Gasteiger partial charge in [0.05, 0.1) is 18.8 Å². The summed E-state index contributed by atoms with van der Waals surface area (Å²) in [7, 11) is 0. The highest BCUT2D eigenvalue weighted by Crippen LogP contribution is 2.43. The van der Waals surface area contributed by atoms with E-state index in [1.165, 1.54) is 23.2 Å². The molecule has 1 saturated carbocycles. The molecule has 1 fully saturated rings. The fourth-order valence-electron chi connectivity index (χ4n) is 3.55. The minimum absolute atomic E-state index is 0.0350. The maximum Gasteiger partial charge on any atom is 0.278 e. The third-order valence-corrected chi connectivity index (χ3v) is 4.75. The minimum atomic E-state index is -0.363. The van der Waals surface area contributed by atoms with Crippen molar-refractivity contribution >= 4 is 29.3 Å². The van der Waals surface area contributed by atoms with E-state index in [-0.39, 0.29) is 36.1 Å². The first kappa shape index (κ1) is 12.8. The van der Waals surface area contributed by atoms with Crippen molar-refractivity contribution in [3.63, 3.8) is 0 Å². The molecule has 0 spiro atoms. The van der Waals surface area contributed by atoms with E-state index in [4.69, 9.17) is 0 Å². The Bertz CT molecular complexity index is 841. The van der Waals surface area contributed by atoms with Crippen molar-refractivity contribution in [2.45, 2.75) is 18.9 Å². The number of hydrogen-bond acceptors (Lipinski definition) is 5. The van der Waals surface area contributed by atoms with Gasteiger partial charge in [-0.1, -0.05) is 0 Å². The van der Waals surface area contributed by atoms with Crippen LogP contribution in [-0.4, -0.2) is 35.5 Å². The van der Waals surface area contributed by atoms with Crippen molar-refractivity contribution < 1.29 is 14.0 Å². The van der Waals surface area contributed by atoms with Gasteiger partial charge in [-0.05, 0) is 25.0 Å². The van der Waals surface area contributed by atoms with Crippen LogP contribution >= 0.6 is 0 Å². The van der Waals surface area contributed by atoms with Crippen LogP contribution in [0.25, 0.3) is 5.57 Å². The second-order valence-electron chi connectivity index (χ2n) is 6.30. The van der Waals surface area contributed by atoms with Crippen molar-refractivity contribution in [1.29, 1.82) is 0 Å². The Morgan fingerprint density at radius 2 is 2.17 bits per heavy atom. The summed E-state index contributed by atoms with van der Waals surface area (Å²) in [6, 6.07) is 2.59. The number of rotatable bonds is 1. The van der Waals surface area contributed by atoms with Crippen molar-refractivity contribution in [3.05, 3.63) is 34.8 Å². The molecule has 5 rings (SSSR count). The van der Waals surface area contributed by atoms with Crippen LogP contribution in [0.15, 0.2) is 22.9 Å². The largest absolute Gasteiger partial charge is 0.376 e. The highest BCUT2D eigenvalue weighted by atomic mass is 19.1. The Hall–Kier alpha value is -2.70. The van der Waals surface area contributed by atoms with Crippen molar-refractivity contribution in [2.24, 2.45) is 11.0 Å². The van der Waals surface area contributed by atoms with Gasteiger partial charge in [-0.3, -0.25) is 19.9 Å². The molecule has 0 saturated heterocycles. The summed E-state index contributed by atoms with van der Waals surface area (Å²) in [6.45, 7) is 0.268. The van der Waals surface area contributed by atoms with E-state index in [1.807, 2.05) is 0 Å². The number of carbonyl (C=O) groups excluding carboxylic acids is 2. The van der Waals surface area contributed by atoms with Crippen LogP contribution in [0.2, 0.25) is 0 Å². The molecule has 23 heavy (non-hydrogen) atoms. The van der Waals surface area contributed by atoms with E-state index >= 15 is 0 Å². The van der Waals surface area contributed by atoms with Gasteiger partial charge in [0.1, 0.15) is 11.5 Å². The molecule has 1 aromatic carbocycles. The lowest BCUT2D eigenvalue weighted by Crippen LogP contribution is -2.50. The molecule has 4 aliphatic rings. The molecule has 2 N–H and O–H groups in total. The second-order valence-corrected chi connectivity index (χ2v) is 6.30. The number of imide groups is 1. The van der Waals surface area contributed by atoms with Gasteiger partial charge in [-0.25, -0.2) is 4.39 Å². The quantitative estimate of drug-likeness (QED) is 0.760. The summed E-state index contributed by atoms with van der Waals surface area (Å²) in [5, 5.41) is 7.25. The summed E-state index contributed by atoms with van der Waals surface area (Å²) in [5.74, 6) is -0.873. The predicted octanol–water partition coefficient (Wildman–Crippen LogP) is 1.05. The van der Waals surface area contributed by atoms with E-state index < -0.39 is 0 Å². The lowest BCUT2D eigenvalue weighted by molar-refractivity contribution is -0.144. The number of hydrogen-bond donors (Lipinski definition) is 2. The zero-order valence-corrected chi connectivity index (χ0v) is 12.1. The Morgan fingerprint density at radius 1 is 1.35 bits per heavy atom. The first-order valence-corrected chi connectivity index (χ1v) is 7.63. The van der Waals surface area contributed by atoms with E-state index in [9.17, 15) is 14.0 Å². The average Bonchev–Trinajstić information content (AvgIpc) is 3.30. The van der Waals surface area contributed by atoms with Gasteiger partial charge in [0.15, 0.2) is 0 Å². The number of hydrazone groups is 1. The number of benzene rings is 1. The lowest BCUT2D eigenvalue weighted by atomic mass is 9.92. The molecule has 3 aliphatic heterocycles. The van der Waals surface area contributed by atoms with E-state index in [1.54, 1.807) is 0 Å². The van der Waals surface area contributed by atoms with Crippen molar-refractivity contribution in [3.8, 4) is 0 Å². The van der Waals surface area contributed by atoms with E-state index in [0.29, 0.717) is 16.9 Å². The number of amides is 2. The number of carbonyl (C=O) groups is 2. The number of halogens is 1. The molecule has 1 aliphatic carbocycles. The third-order valence-electron chi connectivity index (χ3n) is 4.75. The number of nitrogens with one attached hydrogen (secondary N) is 2. The Kier molecular flexibility index (Phi) is 2.33. The molecule has 0 bridgehead atoms. The summed E-state index contributed by atoms with van der Waals surface area (Å²) in [6.07, 6.45) is 3.19. The summed E-state index contributed by atoms with van der Waals surface area (Å²) in [5.41, 5.74) is 5.90.